The Kier molecular flexibility index (Phi) is 5.40. The number of benzene rings is 2. The third-order valence-corrected chi connectivity index (χ3v) is 5.65. The van der Waals surface area contributed by atoms with Gasteiger partial charge in [-0.1, -0.05) is 72.8 Å². The molecule has 2 aromatic rings. The molecule has 30 heavy (non-hydrogen) atoms. The molecule has 0 N–H and O–H groups in total. The van der Waals surface area contributed by atoms with E-state index < -0.39 is 11.5 Å². The Morgan fingerprint density at radius 1 is 1.00 bits per heavy atom. The molecule has 0 unspecified atom stereocenters. The third-order valence-electron chi connectivity index (χ3n) is 5.65. The van der Waals surface area contributed by atoms with Crippen molar-refractivity contribution in [2.24, 2.45) is 5.92 Å². The van der Waals surface area contributed by atoms with Crippen molar-refractivity contribution >= 4 is 17.9 Å². The molecule has 0 bridgehead atoms. The number of hydrogen-bond donors (Lipinski definition) is 0. The fourth-order valence-corrected chi connectivity index (χ4v) is 4.15. The molecule has 2 aromatic carbocycles. The van der Waals surface area contributed by atoms with Crippen molar-refractivity contribution in [3.05, 3.63) is 83.9 Å². The number of hydrogen-bond acceptors (Lipinski definition) is 4. The molecule has 4 rings (SSSR count). The molecule has 6 nitrogen and oxygen atoms in total. The summed E-state index contributed by atoms with van der Waals surface area (Å²) in [5, 5.41) is 0. The summed E-state index contributed by atoms with van der Waals surface area (Å²) < 4.78 is 5.15. The lowest BCUT2D eigenvalue weighted by atomic mass is 9.92. The molecule has 6 heteroatoms. The van der Waals surface area contributed by atoms with Crippen molar-refractivity contribution in [2.45, 2.75) is 32.0 Å². The first kappa shape index (κ1) is 19.9. The van der Waals surface area contributed by atoms with Crippen LogP contribution in [0.4, 0.5) is 4.79 Å². The van der Waals surface area contributed by atoms with Gasteiger partial charge in [0.05, 0.1) is 19.1 Å². The van der Waals surface area contributed by atoms with E-state index in [1.165, 1.54) is 4.90 Å². The zero-order chi connectivity index (χ0) is 21.1. The van der Waals surface area contributed by atoms with Crippen LogP contribution in [0.25, 0.3) is 0 Å². The number of urea groups is 1. The highest BCUT2D eigenvalue weighted by molar-refractivity contribution is 6.09. The highest BCUT2D eigenvalue weighted by atomic mass is 16.5. The summed E-state index contributed by atoms with van der Waals surface area (Å²) >= 11 is 0. The monoisotopic (exact) mass is 404 g/mol. The number of ether oxygens (including phenoxy) is 1. The first-order valence-electron chi connectivity index (χ1n) is 10.1. The van der Waals surface area contributed by atoms with Crippen molar-refractivity contribution in [3.8, 4) is 0 Å². The van der Waals surface area contributed by atoms with Gasteiger partial charge in [0, 0.05) is 13.0 Å². The van der Waals surface area contributed by atoms with Crippen LogP contribution in [0.2, 0.25) is 0 Å². The number of imide groups is 1. The van der Waals surface area contributed by atoms with Crippen LogP contribution in [0.1, 0.15) is 24.5 Å². The smallest absolute Gasteiger partial charge is 0.328 e. The van der Waals surface area contributed by atoms with Crippen molar-refractivity contribution in [3.63, 3.8) is 0 Å². The Bertz CT molecular complexity index is 973. The predicted octanol–water partition coefficient (Wildman–Crippen LogP) is 3.53. The van der Waals surface area contributed by atoms with E-state index in [4.69, 9.17) is 4.74 Å². The van der Waals surface area contributed by atoms with Crippen molar-refractivity contribution < 1.29 is 19.1 Å². The minimum absolute atomic E-state index is 0.198. The van der Waals surface area contributed by atoms with E-state index in [1.807, 2.05) is 60.7 Å². The van der Waals surface area contributed by atoms with Crippen LogP contribution in [0.5, 0.6) is 0 Å². The molecule has 0 saturated carbocycles. The molecule has 1 saturated heterocycles. The molecule has 1 aliphatic carbocycles. The van der Waals surface area contributed by atoms with Crippen molar-refractivity contribution in [2.75, 3.05) is 6.61 Å². The molecule has 1 spiro atoms. The SMILES string of the molecule is CCOC(=O)[C@@H]1C=C[C@]2(C1)C(=O)N(Cc1ccccc1)C(=O)N2Cc1ccccc1. The third kappa shape index (κ3) is 3.49. The van der Waals surface area contributed by atoms with Gasteiger partial charge in [-0.3, -0.25) is 14.5 Å². The van der Waals surface area contributed by atoms with E-state index in [1.54, 1.807) is 24.0 Å². The highest BCUT2D eigenvalue weighted by Crippen LogP contribution is 2.41. The maximum Gasteiger partial charge on any atom is 0.328 e. The van der Waals surface area contributed by atoms with Gasteiger partial charge < -0.3 is 9.64 Å². The molecular formula is C24H24N2O4. The minimum atomic E-state index is -1.17. The summed E-state index contributed by atoms with van der Waals surface area (Å²) in [6.07, 6.45) is 3.62. The van der Waals surface area contributed by atoms with Gasteiger partial charge >= 0.3 is 12.0 Å². The predicted molar refractivity (Wildman–Crippen MR) is 111 cm³/mol. The van der Waals surface area contributed by atoms with Gasteiger partial charge in [0.1, 0.15) is 5.54 Å². The maximum atomic E-state index is 13.5. The first-order chi connectivity index (χ1) is 14.5. The molecule has 2 aliphatic rings. The number of esters is 1. The summed E-state index contributed by atoms with van der Waals surface area (Å²) in [7, 11) is 0. The quantitative estimate of drug-likeness (QED) is 0.420. The Balaban J connectivity index is 1.66. The maximum absolute atomic E-state index is 13.5. The fraction of sp³-hybridized carbons (Fsp3) is 0.292. The minimum Gasteiger partial charge on any atom is -0.466 e. The van der Waals surface area contributed by atoms with E-state index in [9.17, 15) is 14.4 Å². The Labute approximate surface area is 175 Å². The van der Waals surface area contributed by atoms with Crippen LogP contribution < -0.4 is 0 Å². The lowest BCUT2D eigenvalue weighted by Crippen LogP contribution is -2.47. The number of carbonyl (C=O) groups excluding carboxylic acids is 3. The topological polar surface area (TPSA) is 66.9 Å². The number of nitrogens with zero attached hydrogens (tertiary/aromatic N) is 2. The van der Waals surface area contributed by atoms with Gasteiger partial charge in [-0.05, 0) is 18.1 Å². The summed E-state index contributed by atoms with van der Waals surface area (Å²) in [6, 6.07) is 18.6. The standard InChI is InChI=1S/C24H24N2O4/c1-2-30-21(27)20-13-14-24(15-20)22(28)25(16-18-9-5-3-6-10-18)23(29)26(24)17-19-11-7-4-8-12-19/h3-14,20H,2,15-17H2,1H3/t20-,24+/m1/s1. The molecule has 2 atom stereocenters. The van der Waals surface area contributed by atoms with Crippen LogP contribution in [-0.2, 0) is 27.4 Å². The molecule has 0 aromatic heterocycles. The van der Waals surface area contributed by atoms with Gasteiger partial charge in [0.2, 0.25) is 0 Å². The first-order valence-corrected chi connectivity index (χ1v) is 10.1. The molecule has 1 fully saturated rings. The zero-order valence-corrected chi connectivity index (χ0v) is 16.9. The van der Waals surface area contributed by atoms with Crippen LogP contribution in [-0.4, -0.2) is 39.9 Å². The van der Waals surface area contributed by atoms with E-state index in [2.05, 4.69) is 0 Å². The second kappa shape index (κ2) is 8.14. The van der Waals surface area contributed by atoms with E-state index in [-0.39, 0.29) is 44.0 Å². The Morgan fingerprint density at radius 3 is 2.20 bits per heavy atom. The number of rotatable bonds is 6. The normalized spacial score (nSPS) is 22.9. The lowest BCUT2D eigenvalue weighted by Gasteiger charge is -2.30. The van der Waals surface area contributed by atoms with Crippen LogP contribution in [0.3, 0.4) is 0 Å². The Morgan fingerprint density at radius 2 is 1.60 bits per heavy atom. The van der Waals surface area contributed by atoms with E-state index >= 15 is 0 Å². The van der Waals surface area contributed by atoms with E-state index in [0.717, 1.165) is 11.1 Å². The second-order valence-electron chi connectivity index (χ2n) is 7.58. The van der Waals surface area contributed by atoms with Crippen LogP contribution >= 0.6 is 0 Å². The summed E-state index contributed by atoms with van der Waals surface area (Å²) in [5.74, 6) is -1.21. The molecule has 154 valence electrons. The van der Waals surface area contributed by atoms with Gasteiger partial charge in [-0.2, -0.15) is 0 Å². The summed E-state index contributed by atoms with van der Waals surface area (Å²) in [6.45, 7) is 2.51. The molecule has 3 amide bonds. The largest absolute Gasteiger partial charge is 0.466 e. The fourth-order valence-electron chi connectivity index (χ4n) is 4.15. The van der Waals surface area contributed by atoms with Crippen molar-refractivity contribution in [1.82, 2.24) is 9.80 Å². The summed E-state index contributed by atoms with van der Waals surface area (Å²) in [4.78, 5) is 42.1. The van der Waals surface area contributed by atoms with Crippen LogP contribution in [0, 0.1) is 5.92 Å². The number of carbonyl (C=O) groups is 3. The van der Waals surface area contributed by atoms with Gasteiger partial charge in [0.15, 0.2) is 0 Å². The lowest BCUT2D eigenvalue weighted by molar-refractivity contribution is -0.147. The van der Waals surface area contributed by atoms with Crippen LogP contribution in [0.15, 0.2) is 72.8 Å². The van der Waals surface area contributed by atoms with Gasteiger partial charge in [-0.15, -0.1) is 0 Å². The van der Waals surface area contributed by atoms with Crippen molar-refractivity contribution in [1.29, 1.82) is 0 Å². The zero-order valence-electron chi connectivity index (χ0n) is 16.9. The Hall–Kier alpha value is -3.41. The summed E-state index contributed by atoms with van der Waals surface area (Å²) in [5.41, 5.74) is 0.631. The highest BCUT2D eigenvalue weighted by Gasteiger charge is 2.58. The molecule has 0 radical (unpaired) electrons. The van der Waals surface area contributed by atoms with Gasteiger partial charge in [-0.25, -0.2) is 4.79 Å². The van der Waals surface area contributed by atoms with Gasteiger partial charge in [0.25, 0.3) is 5.91 Å². The second-order valence-corrected chi connectivity index (χ2v) is 7.58. The molecule has 1 heterocycles. The average molecular weight is 404 g/mol. The average Bonchev–Trinajstić information content (AvgIpc) is 3.29. The molecule has 1 aliphatic heterocycles. The van der Waals surface area contributed by atoms with E-state index in [0.29, 0.717) is 0 Å². The number of amides is 3. The molecular weight excluding hydrogens is 380 g/mol.